The predicted octanol–water partition coefficient (Wildman–Crippen LogP) is 2.52. The Hall–Kier alpha value is -0.910. The zero-order chi connectivity index (χ0) is 14.5. The van der Waals surface area contributed by atoms with Crippen LogP contribution in [0.4, 0.5) is 0 Å². The van der Waals surface area contributed by atoms with Gasteiger partial charge in [0.15, 0.2) is 0 Å². The van der Waals surface area contributed by atoms with Crippen molar-refractivity contribution in [1.82, 2.24) is 4.31 Å². The third-order valence-corrected chi connectivity index (χ3v) is 5.11. The second kappa shape index (κ2) is 7.03. The number of hydrogen-bond acceptors (Lipinski definition) is 3. The summed E-state index contributed by atoms with van der Waals surface area (Å²) in [7, 11) is -1.78. The van der Waals surface area contributed by atoms with E-state index in [1.807, 2.05) is 19.9 Å². The number of benzene rings is 1. The number of sulfonamides is 1. The fraction of sp³-hybridized carbons (Fsp3) is 0.571. The normalized spacial score (nSPS) is 13.7. The maximum absolute atomic E-state index is 12.4. The Morgan fingerprint density at radius 1 is 1.32 bits per heavy atom. The summed E-state index contributed by atoms with van der Waals surface area (Å²) in [6, 6.07) is 6.83. The molecule has 0 amide bonds. The van der Waals surface area contributed by atoms with Gasteiger partial charge in [-0.1, -0.05) is 32.4 Å². The monoisotopic (exact) mass is 284 g/mol. The second-order valence-electron chi connectivity index (χ2n) is 4.77. The van der Waals surface area contributed by atoms with E-state index in [1.54, 1.807) is 25.2 Å². The molecule has 1 rings (SSSR count). The molecule has 4 nitrogen and oxygen atoms in total. The van der Waals surface area contributed by atoms with Crippen molar-refractivity contribution in [2.75, 3.05) is 13.6 Å². The minimum absolute atomic E-state index is 0.115. The molecule has 1 aromatic carbocycles. The number of hydrogen-bond donors (Lipinski definition) is 1. The van der Waals surface area contributed by atoms with E-state index < -0.39 is 10.0 Å². The molecule has 5 heteroatoms. The zero-order valence-corrected chi connectivity index (χ0v) is 12.8. The lowest BCUT2D eigenvalue weighted by atomic mass is 10.1. The van der Waals surface area contributed by atoms with Crippen molar-refractivity contribution >= 4 is 10.0 Å². The molecule has 0 aliphatic heterocycles. The van der Waals surface area contributed by atoms with E-state index >= 15 is 0 Å². The van der Waals surface area contributed by atoms with Crippen LogP contribution in [-0.4, -0.2) is 26.3 Å². The van der Waals surface area contributed by atoms with Gasteiger partial charge in [0, 0.05) is 19.6 Å². The Kier molecular flexibility index (Phi) is 5.97. The van der Waals surface area contributed by atoms with Crippen molar-refractivity contribution in [2.45, 2.75) is 44.0 Å². The molecule has 108 valence electrons. The number of nitrogens with zero attached hydrogens (tertiary/aromatic N) is 1. The molecule has 0 aliphatic carbocycles. The highest BCUT2D eigenvalue weighted by atomic mass is 32.2. The average molecular weight is 284 g/mol. The van der Waals surface area contributed by atoms with Gasteiger partial charge in [-0.15, -0.1) is 0 Å². The Bertz CT molecular complexity index is 500. The Balaban J connectivity index is 3.01. The SMILES string of the molecule is CCCCN(C)S(=O)(=O)c1cccc(C(N)CC)c1. The van der Waals surface area contributed by atoms with E-state index in [4.69, 9.17) is 5.73 Å². The fourth-order valence-corrected chi connectivity index (χ4v) is 3.09. The molecular formula is C14H24N2O2S. The van der Waals surface area contributed by atoms with Gasteiger partial charge in [-0.2, -0.15) is 0 Å². The molecule has 0 saturated heterocycles. The van der Waals surface area contributed by atoms with Gasteiger partial charge < -0.3 is 5.73 Å². The predicted molar refractivity (Wildman–Crippen MR) is 78.4 cm³/mol. The van der Waals surface area contributed by atoms with Gasteiger partial charge >= 0.3 is 0 Å². The first-order valence-corrected chi connectivity index (χ1v) is 8.19. The van der Waals surface area contributed by atoms with Crippen LogP contribution < -0.4 is 5.73 Å². The van der Waals surface area contributed by atoms with Gasteiger partial charge in [0.2, 0.25) is 10.0 Å². The molecule has 1 aromatic rings. The average Bonchev–Trinajstić information content (AvgIpc) is 2.43. The lowest BCUT2D eigenvalue weighted by molar-refractivity contribution is 0.459. The molecule has 0 aliphatic rings. The number of nitrogens with two attached hydrogens (primary N) is 1. The molecule has 0 spiro atoms. The number of unbranched alkanes of at least 4 members (excludes halogenated alkanes) is 1. The summed E-state index contributed by atoms with van der Waals surface area (Å²) in [6.45, 7) is 4.57. The van der Waals surface area contributed by atoms with Crippen LogP contribution in [0.25, 0.3) is 0 Å². The lowest BCUT2D eigenvalue weighted by Crippen LogP contribution is -2.28. The summed E-state index contributed by atoms with van der Waals surface area (Å²) < 4.78 is 26.2. The molecule has 0 radical (unpaired) electrons. The van der Waals surface area contributed by atoms with E-state index in [1.165, 1.54) is 4.31 Å². The van der Waals surface area contributed by atoms with Gasteiger partial charge in [-0.3, -0.25) is 0 Å². The molecule has 0 saturated carbocycles. The standard InChI is InChI=1S/C14H24N2O2S/c1-4-6-10-16(3)19(17,18)13-9-7-8-12(11-13)14(15)5-2/h7-9,11,14H,4-6,10,15H2,1-3H3. The van der Waals surface area contributed by atoms with Crippen molar-refractivity contribution in [3.8, 4) is 0 Å². The van der Waals surface area contributed by atoms with Crippen molar-refractivity contribution in [3.05, 3.63) is 29.8 Å². The minimum atomic E-state index is -3.40. The van der Waals surface area contributed by atoms with Gasteiger partial charge in [0.25, 0.3) is 0 Å². The Morgan fingerprint density at radius 3 is 2.58 bits per heavy atom. The van der Waals surface area contributed by atoms with Crippen LogP contribution in [0.3, 0.4) is 0 Å². The Morgan fingerprint density at radius 2 is 2.00 bits per heavy atom. The third kappa shape index (κ3) is 4.03. The quantitative estimate of drug-likeness (QED) is 0.836. The Labute approximate surface area is 116 Å². The first kappa shape index (κ1) is 16.1. The topological polar surface area (TPSA) is 63.4 Å². The smallest absolute Gasteiger partial charge is 0.242 e. The van der Waals surface area contributed by atoms with E-state index in [9.17, 15) is 8.42 Å². The minimum Gasteiger partial charge on any atom is -0.324 e. The molecule has 0 heterocycles. The van der Waals surface area contributed by atoms with Crippen LogP contribution in [0.2, 0.25) is 0 Å². The molecule has 19 heavy (non-hydrogen) atoms. The molecule has 0 bridgehead atoms. The second-order valence-corrected chi connectivity index (χ2v) is 6.81. The lowest BCUT2D eigenvalue weighted by Gasteiger charge is -2.18. The first-order valence-electron chi connectivity index (χ1n) is 6.75. The molecule has 1 unspecified atom stereocenters. The number of rotatable bonds is 7. The van der Waals surface area contributed by atoms with Crippen LogP contribution in [0.5, 0.6) is 0 Å². The van der Waals surface area contributed by atoms with Crippen molar-refractivity contribution in [2.24, 2.45) is 5.73 Å². The molecule has 0 aromatic heterocycles. The van der Waals surface area contributed by atoms with Crippen LogP contribution in [0.15, 0.2) is 29.2 Å². The maximum Gasteiger partial charge on any atom is 0.242 e. The molecule has 1 atom stereocenters. The third-order valence-electron chi connectivity index (χ3n) is 3.26. The zero-order valence-electron chi connectivity index (χ0n) is 12.0. The summed E-state index contributed by atoms with van der Waals surface area (Å²) in [5, 5.41) is 0. The van der Waals surface area contributed by atoms with Crippen LogP contribution in [0.1, 0.15) is 44.7 Å². The maximum atomic E-state index is 12.4. The summed E-state index contributed by atoms with van der Waals surface area (Å²) >= 11 is 0. The van der Waals surface area contributed by atoms with Crippen LogP contribution >= 0.6 is 0 Å². The first-order chi connectivity index (χ1) is 8.93. The highest BCUT2D eigenvalue weighted by Crippen LogP contribution is 2.20. The molecule has 2 N–H and O–H groups in total. The summed E-state index contributed by atoms with van der Waals surface area (Å²) in [4.78, 5) is 0.326. The largest absolute Gasteiger partial charge is 0.324 e. The van der Waals surface area contributed by atoms with Gasteiger partial charge in [-0.05, 0) is 30.5 Å². The highest BCUT2D eigenvalue weighted by molar-refractivity contribution is 7.89. The van der Waals surface area contributed by atoms with E-state index in [2.05, 4.69) is 0 Å². The van der Waals surface area contributed by atoms with E-state index in [-0.39, 0.29) is 6.04 Å². The summed E-state index contributed by atoms with van der Waals surface area (Å²) in [5.74, 6) is 0. The van der Waals surface area contributed by atoms with Gasteiger partial charge in [0.05, 0.1) is 4.90 Å². The summed E-state index contributed by atoms with van der Waals surface area (Å²) in [5.41, 5.74) is 6.82. The van der Waals surface area contributed by atoms with Crippen molar-refractivity contribution < 1.29 is 8.42 Å². The molecule has 0 fully saturated rings. The molecular weight excluding hydrogens is 260 g/mol. The summed E-state index contributed by atoms with van der Waals surface area (Å²) in [6.07, 6.45) is 2.62. The van der Waals surface area contributed by atoms with Gasteiger partial charge in [0.1, 0.15) is 0 Å². The van der Waals surface area contributed by atoms with Crippen molar-refractivity contribution in [3.63, 3.8) is 0 Å². The van der Waals surface area contributed by atoms with Gasteiger partial charge in [-0.25, -0.2) is 12.7 Å². The fourth-order valence-electron chi connectivity index (χ4n) is 1.82. The van der Waals surface area contributed by atoms with E-state index in [0.717, 1.165) is 24.8 Å². The van der Waals surface area contributed by atoms with Crippen LogP contribution in [0, 0.1) is 0 Å². The van der Waals surface area contributed by atoms with Crippen LogP contribution in [-0.2, 0) is 10.0 Å². The highest BCUT2D eigenvalue weighted by Gasteiger charge is 2.20. The van der Waals surface area contributed by atoms with Crippen molar-refractivity contribution in [1.29, 1.82) is 0 Å². The van der Waals surface area contributed by atoms with E-state index in [0.29, 0.717) is 11.4 Å².